The van der Waals surface area contributed by atoms with Crippen molar-refractivity contribution in [1.29, 1.82) is 0 Å². The molecule has 0 N–H and O–H groups in total. The van der Waals surface area contributed by atoms with Crippen LogP contribution in [0.4, 0.5) is 14.5 Å². The summed E-state index contributed by atoms with van der Waals surface area (Å²) in [5.74, 6) is 0.810. The van der Waals surface area contributed by atoms with Crippen LogP contribution in [0.3, 0.4) is 0 Å². The number of hydrogen-bond acceptors (Lipinski definition) is 2. The van der Waals surface area contributed by atoms with Gasteiger partial charge in [-0.25, -0.2) is 8.78 Å². The summed E-state index contributed by atoms with van der Waals surface area (Å²) >= 11 is 0. The molecule has 1 amide bonds. The van der Waals surface area contributed by atoms with Gasteiger partial charge in [0.1, 0.15) is 24.0 Å². The van der Waals surface area contributed by atoms with E-state index in [1.807, 2.05) is 0 Å². The second kappa shape index (κ2) is 6.72. The fourth-order valence-electron chi connectivity index (χ4n) is 1.85. The SMILES string of the molecule is C#CCOc1ccc(N(C)C(=O)c2cc(F)ccc2F)cc1. The molecule has 0 spiro atoms. The first-order valence-electron chi connectivity index (χ1n) is 6.42. The third-order valence-electron chi connectivity index (χ3n) is 3.01. The van der Waals surface area contributed by atoms with Crippen molar-refractivity contribution in [2.45, 2.75) is 0 Å². The number of terminal acetylenes is 1. The van der Waals surface area contributed by atoms with Gasteiger partial charge in [-0.15, -0.1) is 6.42 Å². The third-order valence-corrected chi connectivity index (χ3v) is 3.01. The summed E-state index contributed by atoms with van der Waals surface area (Å²) in [5.41, 5.74) is 0.192. The maximum atomic E-state index is 13.6. The quantitative estimate of drug-likeness (QED) is 0.811. The molecule has 0 atom stereocenters. The topological polar surface area (TPSA) is 29.5 Å². The Morgan fingerprint density at radius 3 is 2.55 bits per heavy atom. The van der Waals surface area contributed by atoms with Gasteiger partial charge in [-0.3, -0.25) is 4.79 Å². The van der Waals surface area contributed by atoms with Crippen LogP contribution in [-0.4, -0.2) is 19.6 Å². The molecule has 2 aromatic rings. The minimum atomic E-state index is -0.771. The predicted molar refractivity (Wildman–Crippen MR) is 79.9 cm³/mol. The van der Waals surface area contributed by atoms with Crippen molar-refractivity contribution in [3.05, 3.63) is 59.7 Å². The van der Waals surface area contributed by atoms with Crippen LogP contribution in [0.5, 0.6) is 5.75 Å². The highest BCUT2D eigenvalue weighted by Gasteiger charge is 2.18. The van der Waals surface area contributed by atoms with Crippen LogP contribution >= 0.6 is 0 Å². The molecule has 0 aliphatic rings. The molecule has 0 saturated heterocycles. The van der Waals surface area contributed by atoms with E-state index in [9.17, 15) is 13.6 Å². The van der Waals surface area contributed by atoms with Crippen molar-refractivity contribution in [3.8, 4) is 18.1 Å². The maximum Gasteiger partial charge on any atom is 0.261 e. The van der Waals surface area contributed by atoms with E-state index in [1.165, 1.54) is 11.9 Å². The van der Waals surface area contributed by atoms with Crippen LogP contribution in [0.1, 0.15) is 10.4 Å². The van der Waals surface area contributed by atoms with Crippen molar-refractivity contribution in [2.75, 3.05) is 18.6 Å². The Labute approximate surface area is 127 Å². The Hall–Kier alpha value is -2.87. The highest BCUT2D eigenvalue weighted by atomic mass is 19.1. The predicted octanol–water partition coefficient (Wildman–Crippen LogP) is 3.25. The molecule has 0 unspecified atom stereocenters. The Morgan fingerprint density at radius 1 is 1.23 bits per heavy atom. The lowest BCUT2D eigenvalue weighted by Crippen LogP contribution is -2.27. The normalized spacial score (nSPS) is 9.91. The minimum absolute atomic E-state index is 0.141. The zero-order valence-corrected chi connectivity index (χ0v) is 11.8. The van der Waals surface area contributed by atoms with Crippen LogP contribution in [0.2, 0.25) is 0 Å². The van der Waals surface area contributed by atoms with Crippen molar-refractivity contribution in [3.63, 3.8) is 0 Å². The fraction of sp³-hybridized carbons (Fsp3) is 0.118. The van der Waals surface area contributed by atoms with Crippen LogP contribution in [0, 0.1) is 24.0 Å². The van der Waals surface area contributed by atoms with Gasteiger partial charge < -0.3 is 9.64 Å². The van der Waals surface area contributed by atoms with E-state index in [0.717, 1.165) is 18.2 Å². The lowest BCUT2D eigenvalue weighted by molar-refractivity contribution is 0.0988. The Morgan fingerprint density at radius 2 is 1.91 bits per heavy atom. The van der Waals surface area contributed by atoms with Crippen molar-refractivity contribution >= 4 is 11.6 Å². The smallest absolute Gasteiger partial charge is 0.261 e. The first-order valence-corrected chi connectivity index (χ1v) is 6.42. The van der Waals surface area contributed by atoms with E-state index in [-0.39, 0.29) is 12.2 Å². The average Bonchev–Trinajstić information content (AvgIpc) is 2.54. The van der Waals surface area contributed by atoms with Gasteiger partial charge in [-0.1, -0.05) is 5.92 Å². The molecular formula is C17H13F2NO2. The number of rotatable bonds is 4. The number of benzene rings is 2. The molecule has 3 nitrogen and oxygen atoms in total. The molecule has 0 heterocycles. The van der Waals surface area contributed by atoms with Crippen LogP contribution in [-0.2, 0) is 0 Å². The second-order valence-electron chi connectivity index (χ2n) is 4.48. The molecule has 22 heavy (non-hydrogen) atoms. The molecule has 0 aliphatic heterocycles. The minimum Gasteiger partial charge on any atom is -0.481 e. The summed E-state index contributed by atoms with van der Waals surface area (Å²) in [6, 6.07) is 9.29. The number of anilines is 1. The number of hydrogen-bond donors (Lipinski definition) is 0. The lowest BCUT2D eigenvalue weighted by atomic mass is 10.1. The van der Waals surface area contributed by atoms with E-state index in [2.05, 4.69) is 5.92 Å². The largest absolute Gasteiger partial charge is 0.481 e. The number of ether oxygens (including phenoxy) is 1. The zero-order valence-electron chi connectivity index (χ0n) is 11.8. The van der Waals surface area contributed by atoms with Crippen LogP contribution in [0.15, 0.2) is 42.5 Å². The highest BCUT2D eigenvalue weighted by Crippen LogP contribution is 2.21. The van der Waals surface area contributed by atoms with E-state index in [4.69, 9.17) is 11.2 Å². The number of amides is 1. The van der Waals surface area contributed by atoms with Gasteiger partial charge in [-0.2, -0.15) is 0 Å². The van der Waals surface area contributed by atoms with Gasteiger partial charge in [0.25, 0.3) is 5.91 Å². The molecular weight excluding hydrogens is 288 g/mol. The Kier molecular flexibility index (Phi) is 4.74. The summed E-state index contributed by atoms with van der Waals surface area (Å²) in [5, 5.41) is 0. The zero-order chi connectivity index (χ0) is 16.1. The van der Waals surface area contributed by atoms with Gasteiger partial charge in [0.15, 0.2) is 0 Å². The summed E-state index contributed by atoms with van der Waals surface area (Å²) in [4.78, 5) is 13.5. The lowest BCUT2D eigenvalue weighted by Gasteiger charge is -2.18. The number of carbonyl (C=O) groups is 1. The van der Waals surface area contributed by atoms with E-state index >= 15 is 0 Å². The maximum absolute atomic E-state index is 13.6. The van der Waals surface area contributed by atoms with Gasteiger partial charge in [0, 0.05) is 12.7 Å². The fourth-order valence-corrected chi connectivity index (χ4v) is 1.85. The van der Waals surface area contributed by atoms with E-state index in [0.29, 0.717) is 11.4 Å². The van der Waals surface area contributed by atoms with Gasteiger partial charge in [-0.05, 0) is 42.5 Å². The van der Waals surface area contributed by atoms with E-state index < -0.39 is 17.5 Å². The highest BCUT2D eigenvalue weighted by molar-refractivity contribution is 6.05. The molecule has 0 aromatic heterocycles. The standard InChI is InChI=1S/C17H13F2NO2/c1-3-10-22-14-7-5-13(6-8-14)20(2)17(21)15-11-12(18)4-9-16(15)19/h1,4-9,11H,10H2,2H3. The summed E-state index contributed by atoms with van der Waals surface area (Å²) in [6.45, 7) is 0.141. The van der Waals surface area contributed by atoms with Gasteiger partial charge in [0.2, 0.25) is 0 Å². The van der Waals surface area contributed by atoms with Crippen molar-refractivity contribution < 1.29 is 18.3 Å². The van der Waals surface area contributed by atoms with Gasteiger partial charge in [0.05, 0.1) is 5.56 Å². The molecule has 0 bridgehead atoms. The molecule has 2 aromatic carbocycles. The van der Waals surface area contributed by atoms with Crippen molar-refractivity contribution in [1.82, 2.24) is 0 Å². The molecule has 0 saturated carbocycles. The van der Waals surface area contributed by atoms with E-state index in [1.54, 1.807) is 24.3 Å². The molecule has 0 aliphatic carbocycles. The van der Waals surface area contributed by atoms with Crippen LogP contribution in [0.25, 0.3) is 0 Å². The average molecular weight is 301 g/mol. The third kappa shape index (κ3) is 3.41. The number of carbonyl (C=O) groups excluding carboxylic acids is 1. The van der Waals surface area contributed by atoms with Crippen LogP contribution < -0.4 is 9.64 Å². The molecule has 5 heteroatoms. The monoisotopic (exact) mass is 301 g/mol. The first-order chi connectivity index (χ1) is 10.5. The summed E-state index contributed by atoms with van der Waals surface area (Å²) < 4.78 is 32.0. The Balaban J connectivity index is 2.20. The van der Waals surface area contributed by atoms with Crippen molar-refractivity contribution in [2.24, 2.45) is 0 Å². The molecule has 112 valence electrons. The second-order valence-corrected chi connectivity index (χ2v) is 4.48. The van der Waals surface area contributed by atoms with Gasteiger partial charge >= 0.3 is 0 Å². The first kappa shape index (κ1) is 15.5. The molecule has 0 fully saturated rings. The Bertz CT molecular complexity index is 720. The number of nitrogens with zero attached hydrogens (tertiary/aromatic N) is 1. The summed E-state index contributed by atoms with van der Waals surface area (Å²) in [6.07, 6.45) is 5.09. The number of halogens is 2. The molecule has 2 rings (SSSR count). The summed E-state index contributed by atoms with van der Waals surface area (Å²) in [7, 11) is 1.48. The molecule has 0 radical (unpaired) electrons.